The van der Waals surface area contributed by atoms with E-state index >= 15 is 0 Å². The van der Waals surface area contributed by atoms with Gasteiger partial charge >= 0.3 is 12.0 Å². The van der Waals surface area contributed by atoms with Gasteiger partial charge < -0.3 is 14.5 Å². The van der Waals surface area contributed by atoms with Gasteiger partial charge in [-0.15, -0.1) is 0 Å². The summed E-state index contributed by atoms with van der Waals surface area (Å²) in [6, 6.07) is 4.31. The van der Waals surface area contributed by atoms with Crippen LogP contribution in [0.3, 0.4) is 0 Å². The molecular formula is C18H21ClN2O5. The van der Waals surface area contributed by atoms with Gasteiger partial charge in [0.05, 0.1) is 0 Å². The molecular weight excluding hydrogens is 360 g/mol. The lowest BCUT2D eigenvalue weighted by Gasteiger charge is -2.21. The summed E-state index contributed by atoms with van der Waals surface area (Å²) in [6.07, 6.45) is -1.18. The Balaban J connectivity index is 2.06. The molecule has 0 aliphatic carbocycles. The first-order valence-corrected chi connectivity index (χ1v) is 8.38. The standard InChI is InChI=1S/C18H21ClN2O5/c1-9-12-8-11(19)6-7-13(12)26-14(9)16(23)25-10(2)15(22)20-17(24)21-18(3,4)5/h6-8,10H,1-5H3,(H2,20,21,22,24)/t10-/m1/s1. The van der Waals surface area contributed by atoms with E-state index in [1.54, 1.807) is 45.9 Å². The van der Waals surface area contributed by atoms with E-state index in [1.165, 1.54) is 6.92 Å². The average molecular weight is 381 g/mol. The maximum Gasteiger partial charge on any atom is 0.375 e. The first kappa shape index (κ1) is 19.8. The lowest BCUT2D eigenvalue weighted by atomic mass is 10.1. The molecule has 1 heterocycles. The van der Waals surface area contributed by atoms with Crippen molar-refractivity contribution in [2.75, 3.05) is 0 Å². The zero-order valence-electron chi connectivity index (χ0n) is 15.2. The third-order valence-electron chi connectivity index (χ3n) is 3.46. The van der Waals surface area contributed by atoms with Crippen molar-refractivity contribution in [1.29, 1.82) is 0 Å². The second kappa shape index (κ2) is 7.37. The van der Waals surface area contributed by atoms with Gasteiger partial charge in [-0.05, 0) is 52.8 Å². The van der Waals surface area contributed by atoms with Gasteiger partial charge in [-0.2, -0.15) is 0 Å². The number of amides is 3. The molecule has 0 saturated heterocycles. The van der Waals surface area contributed by atoms with Crippen LogP contribution in [0.1, 0.15) is 43.8 Å². The predicted octanol–water partition coefficient (Wildman–Crippen LogP) is 3.56. The lowest BCUT2D eigenvalue weighted by molar-refractivity contribution is -0.128. The van der Waals surface area contributed by atoms with Crippen molar-refractivity contribution in [2.24, 2.45) is 0 Å². The zero-order chi connectivity index (χ0) is 19.6. The number of carbonyl (C=O) groups excluding carboxylic acids is 3. The summed E-state index contributed by atoms with van der Waals surface area (Å²) in [5, 5.41) is 5.91. The summed E-state index contributed by atoms with van der Waals surface area (Å²) in [5.74, 6) is -1.55. The molecule has 0 aliphatic rings. The van der Waals surface area contributed by atoms with Crippen LogP contribution in [-0.4, -0.2) is 29.6 Å². The molecule has 1 aromatic carbocycles. The molecule has 7 nitrogen and oxygen atoms in total. The molecule has 1 atom stereocenters. The quantitative estimate of drug-likeness (QED) is 0.793. The van der Waals surface area contributed by atoms with Gasteiger partial charge in [-0.25, -0.2) is 9.59 Å². The van der Waals surface area contributed by atoms with Gasteiger partial charge in [-0.3, -0.25) is 10.1 Å². The van der Waals surface area contributed by atoms with Gasteiger partial charge in [0.15, 0.2) is 6.10 Å². The third kappa shape index (κ3) is 4.76. The molecule has 2 rings (SSSR count). The van der Waals surface area contributed by atoms with Gasteiger partial charge in [0.25, 0.3) is 5.91 Å². The Hall–Kier alpha value is -2.54. The van der Waals surface area contributed by atoms with E-state index in [9.17, 15) is 14.4 Å². The molecule has 2 aromatic rings. The van der Waals surface area contributed by atoms with Crippen molar-refractivity contribution in [1.82, 2.24) is 10.6 Å². The van der Waals surface area contributed by atoms with E-state index in [0.29, 0.717) is 21.6 Å². The maximum atomic E-state index is 12.3. The molecule has 2 N–H and O–H groups in total. The first-order chi connectivity index (χ1) is 12.0. The molecule has 140 valence electrons. The summed E-state index contributed by atoms with van der Waals surface area (Å²) in [6.45, 7) is 8.39. The maximum absolute atomic E-state index is 12.3. The summed E-state index contributed by atoms with van der Waals surface area (Å²) in [4.78, 5) is 36.0. The van der Waals surface area contributed by atoms with Gasteiger partial charge in [0.2, 0.25) is 5.76 Å². The molecule has 0 radical (unpaired) electrons. The summed E-state index contributed by atoms with van der Waals surface area (Å²) < 4.78 is 10.6. The number of ether oxygens (including phenoxy) is 1. The van der Waals surface area contributed by atoms with Crippen LogP contribution < -0.4 is 10.6 Å². The van der Waals surface area contributed by atoms with Crippen molar-refractivity contribution in [3.63, 3.8) is 0 Å². The minimum absolute atomic E-state index is 0.0129. The van der Waals surface area contributed by atoms with E-state index in [1.807, 2.05) is 0 Å². The van der Waals surface area contributed by atoms with Gasteiger partial charge in [-0.1, -0.05) is 11.6 Å². The molecule has 0 unspecified atom stereocenters. The third-order valence-corrected chi connectivity index (χ3v) is 3.70. The minimum atomic E-state index is -1.18. The minimum Gasteiger partial charge on any atom is -0.449 e. The molecule has 0 saturated carbocycles. The molecule has 0 fully saturated rings. The number of nitrogens with one attached hydrogen (secondary N) is 2. The van der Waals surface area contributed by atoms with E-state index in [2.05, 4.69) is 10.6 Å². The SMILES string of the molecule is Cc1c(C(=O)O[C@H](C)C(=O)NC(=O)NC(C)(C)C)oc2ccc(Cl)cc12. The van der Waals surface area contributed by atoms with Gasteiger partial charge in [0, 0.05) is 21.5 Å². The number of rotatable bonds is 3. The number of hydrogen-bond acceptors (Lipinski definition) is 5. The van der Waals surface area contributed by atoms with Crippen LogP contribution in [0.5, 0.6) is 0 Å². The number of aryl methyl sites for hydroxylation is 1. The van der Waals surface area contributed by atoms with E-state index in [-0.39, 0.29) is 5.76 Å². The Kier molecular flexibility index (Phi) is 5.61. The Morgan fingerprint density at radius 3 is 2.50 bits per heavy atom. The van der Waals surface area contributed by atoms with E-state index in [4.69, 9.17) is 20.8 Å². The van der Waals surface area contributed by atoms with Crippen molar-refractivity contribution in [3.05, 3.63) is 34.5 Å². The Morgan fingerprint density at radius 2 is 1.88 bits per heavy atom. The van der Waals surface area contributed by atoms with Crippen molar-refractivity contribution < 1.29 is 23.5 Å². The van der Waals surface area contributed by atoms with Crippen molar-refractivity contribution in [3.8, 4) is 0 Å². The molecule has 1 aromatic heterocycles. The van der Waals surface area contributed by atoms with Crippen LogP contribution in [0.15, 0.2) is 22.6 Å². The number of urea groups is 1. The Morgan fingerprint density at radius 1 is 1.23 bits per heavy atom. The molecule has 0 bridgehead atoms. The number of carbonyl (C=O) groups is 3. The first-order valence-electron chi connectivity index (χ1n) is 8.00. The van der Waals surface area contributed by atoms with Crippen LogP contribution in [0.2, 0.25) is 5.02 Å². The van der Waals surface area contributed by atoms with Crippen molar-refractivity contribution in [2.45, 2.75) is 46.3 Å². The summed E-state index contributed by atoms with van der Waals surface area (Å²) in [7, 11) is 0. The topological polar surface area (TPSA) is 97.6 Å². The van der Waals surface area contributed by atoms with Crippen LogP contribution in [0.4, 0.5) is 4.79 Å². The monoisotopic (exact) mass is 380 g/mol. The molecule has 0 spiro atoms. The highest BCUT2D eigenvalue weighted by molar-refractivity contribution is 6.31. The zero-order valence-corrected chi connectivity index (χ0v) is 16.0. The predicted molar refractivity (Wildman–Crippen MR) is 97.3 cm³/mol. The Labute approximate surface area is 156 Å². The lowest BCUT2D eigenvalue weighted by Crippen LogP contribution is -2.50. The molecule has 26 heavy (non-hydrogen) atoms. The number of imide groups is 1. The van der Waals surface area contributed by atoms with Crippen LogP contribution in [0.25, 0.3) is 11.0 Å². The van der Waals surface area contributed by atoms with Gasteiger partial charge in [0.1, 0.15) is 5.58 Å². The number of esters is 1. The van der Waals surface area contributed by atoms with Crippen LogP contribution >= 0.6 is 11.6 Å². The smallest absolute Gasteiger partial charge is 0.375 e. The highest BCUT2D eigenvalue weighted by Crippen LogP contribution is 2.28. The number of benzene rings is 1. The molecule has 8 heteroatoms. The number of fused-ring (bicyclic) bond motifs is 1. The fraction of sp³-hybridized carbons (Fsp3) is 0.389. The van der Waals surface area contributed by atoms with Crippen LogP contribution in [0, 0.1) is 6.92 Å². The Bertz CT molecular complexity index is 866. The number of halogens is 1. The normalized spacial score (nSPS) is 12.5. The second-order valence-corrected chi connectivity index (χ2v) is 7.37. The highest BCUT2D eigenvalue weighted by Gasteiger charge is 2.26. The van der Waals surface area contributed by atoms with E-state index in [0.717, 1.165) is 0 Å². The largest absolute Gasteiger partial charge is 0.449 e. The molecule has 3 amide bonds. The van der Waals surface area contributed by atoms with E-state index < -0.39 is 29.6 Å². The van der Waals surface area contributed by atoms with Crippen LogP contribution in [-0.2, 0) is 9.53 Å². The number of hydrogen-bond donors (Lipinski definition) is 2. The summed E-state index contributed by atoms with van der Waals surface area (Å²) >= 11 is 5.95. The highest BCUT2D eigenvalue weighted by atomic mass is 35.5. The van der Waals surface area contributed by atoms with Crippen molar-refractivity contribution >= 4 is 40.5 Å². The summed E-state index contributed by atoms with van der Waals surface area (Å²) in [5.41, 5.74) is 0.544. The fourth-order valence-corrected chi connectivity index (χ4v) is 2.41. The molecule has 0 aliphatic heterocycles. The average Bonchev–Trinajstić information content (AvgIpc) is 2.82. The second-order valence-electron chi connectivity index (χ2n) is 6.94. The fourth-order valence-electron chi connectivity index (χ4n) is 2.24. The number of furan rings is 1.